The normalized spacial score (nSPS) is 28.2. The Morgan fingerprint density at radius 1 is 1.27 bits per heavy atom. The molecule has 1 aromatic carbocycles. The van der Waals surface area contributed by atoms with Gasteiger partial charge in [0.2, 0.25) is 17.7 Å². The van der Waals surface area contributed by atoms with Crippen molar-refractivity contribution in [1.29, 1.82) is 0 Å². The number of esters is 1. The van der Waals surface area contributed by atoms with Gasteiger partial charge in [-0.2, -0.15) is 0 Å². The highest BCUT2D eigenvalue weighted by molar-refractivity contribution is 9.09. The van der Waals surface area contributed by atoms with E-state index in [0.29, 0.717) is 24.9 Å². The van der Waals surface area contributed by atoms with E-state index in [1.54, 1.807) is 17.1 Å². The van der Waals surface area contributed by atoms with E-state index in [-0.39, 0.29) is 48.8 Å². The molecule has 2 N–H and O–H groups in total. The van der Waals surface area contributed by atoms with Gasteiger partial charge in [-0.3, -0.25) is 19.2 Å². The summed E-state index contributed by atoms with van der Waals surface area (Å²) in [6.07, 6.45) is 4.59. The first kappa shape index (κ1) is 33.9. The molecule has 3 amide bonds. The zero-order valence-corrected chi connectivity index (χ0v) is 27.1. The Morgan fingerprint density at radius 2 is 2.00 bits per heavy atom. The van der Waals surface area contributed by atoms with Crippen LogP contribution in [0.5, 0.6) is 0 Å². The third-order valence-electron chi connectivity index (χ3n) is 8.97. The topological polar surface area (TPSA) is 125 Å². The molecule has 3 fully saturated rings. The van der Waals surface area contributed by atoms with Crippen molar-refractivity contribution in [2.24, 2.45) is 11.8 Å². The molecule has 0 aliphatic carbocycles. The first-order valence-corrected chi connectivity index (χ1v) is 16.3. The van der Waals surface area contributed by atoms with Crippen LogP contribution in [-0.2, 0) is 28.7 Å². The van der Waals surface area contributed by atoms with Crippen molar-refractivity contribution in [2.75, 3.05) is 26.2 Å². The predicted molar refractivity (Wildman–Crippen MR) is 168 cm³/mol. The van der Waals surface area contributed by atoms with Crippen molar-refractivity contribution in [2.45, 2.75) is 80.7 Å². The van der Waals surface area contributed by atoms with Gasteiger partial charge < -0.3 is 29.7 Å². The van der Waals surface area contributed by atoms with Crippen molar-refractivity contribution in [1.82, 2.24) is 15.1 Å². The van der Waals surface area contributed by atoms with Crippen LogP contribution < -0.4 is 5.32 Å². The Balaban J connectivity index is 1.65. The van der Waals surface area contributed by atoms with Crippen LogP contribution in [0, 0.1) is 11.8 Å². The minimum absolute atomic E-state index is 0.0506. The number of alkyl halides is 1. The lowest BCUT2D eigenvalue weighted by atomic mass is 9.70. The van der Waals surface area contributed by atoms with Gasteiger partial charge in [0, 0.05) is 30.4 Å². The number of rotatable bonds is 16. The fourth-order valence-electron chi connectivity index (χ4n) is 7.03. The van der Waals surface area contributed by atoms with Crippen molar-refractivity contribution in [3.63, 3.8) is 0 Å². The number of benzene rings is 1. The van der Waals surface area contributed by atoms with Crippen molar-refractivity contribution in [3.8, 4) is 0 Å². The van der Waals surface area contributed by atoms with Crippen molar-refractivity contribution >= 4 is 39.6 Å². The maximum absolute atomic E-state index is 14.3. The maximum atomic E-state index is 14.3. The van der Waals surface area contributed by atoms with Gasteiger partial charge in [0.05, 0.1) is 31.1 Å². The summed E-state index contributed by atoms with van der Waals surface area (Å²) in [7, 11) is 0. The van der Waals surface area contributed by atoms with Crippen LogP contribution in [-0.4, -0.2) is 93.5 Å². The number of aliphatic hydroxyl groups is 1. The molecule has 3 aliphatic rings. The number of likely N-dealkylation sites (tertiary alicyclic amines) is 1. The van der Waals surface area contributed by atoms with Gasteiger partial charge in [-0.15, -0.1) is 13.2 Å². The van der Waals surface area contributed by atoms with E-state index in [2.05, 4.69) is 34.4 Å². The number of allylic oxidation sites excluding steroid dienone is 1. The fourth-order valence-corrected chi connectivity index (χ4v) is 7.97. The summed E-state index contributed by atoms with van der Waals surface area (Å²) in [4.78, 5) is 57.6. The highest BCUT2D eigenvalue weighted by Gasteiger charge is 2.77. The molecule has 10 nitrogen and oxygen atoms in total. The van der Waals surface area contributed by atoms with E-state index in [0.717, 1.165) is 12.8 Å². The van der Waals surface area contributed by atoms with Crippen LogP contribution in [0.15, 0.2) is 55.6 Å². The number of fused-ring (bicyclic) bond motifs is 1. The molecule has 8 atom stereocenters. The Kier molecular flexibility index (Phi) is 11.4. The summed E-state index contributed by atoms with van der Waals surface area (Å²) in [5.41, 5.74) is -0.574. The summed E-state index contributed by atoms with van der Waals surface area (Å²) in [6, 6.07) is 7.97. The van der Waals surface area contributed by atoms with Crippen LogP contribution >= 0.6 is 15.9 Å². The van der Waals surface area contributed by atoms with Gasteiger partial charge in [0.15, 0.2) is 0 Å². The summed E-state index contributed by atoms with van der Waals surface area (Å²) >= 11 is 3.68. The number of ether oxygens (including phenoxy) is 2. The molecule has 0 aromatic heterocycles. The lowest BCUT2D eigenvalue weighted by Crippen LogP contribution is -2.58. The van der Waals surface area contributed by atoms with Gasteiger partial charge >= 0.3 is 5.97 Å². The quantitative estimate of drug-likeness (QED) is 0.157. The standard InChI is InChI=1S/C33H44BrN3O7/c1-5-8-15-25(39)35-20-24(22-13-10-9-11-14-22)43-32(42)26-27-30(40)37(17-18-38)29(33(27)19-23(34)28(26)44-33)31(41)36(16-7-3)21(4)12-6-2/h5,7,9-11,13-14,21,23-24,26-29,38H,1,3,6,8,12,15-20H2,2,4H3,(H,35,39)/t21?,23?,24-,26-,27+,28-,29-,33+/m1/s1. The van der Waals surface area contributed by atoms with Gasteiger partial charge in [-0.1, -0.05) is 71.8 Å². The van der Waals surface area contributed by atoms with Crippen molar-refractivity contribution in [3.05, 3.63) is 61.2 Å². The number of carbonyl (C=O) groups excluding carboxylic acids is 4. The van der Waals surface area contributed by atoms with Crippen LogP contribution in [0.1, 0.15) is 57.6 Å². The second-order valence-electron chi connectivity index (χ2n) is 11.8. The SMILES string of the molecule is C=CCCC(=O)NC[C@@H](OC(=O)[C@H]1[C@@H]2O[C@@]3(CC2Br)[C@@H]1C(=O)N(CCO)[C@@H]3C(=O)N(CC=C)C(C)CCC)c1ccccc1. The van der Waals surface area contributed by atoms with Crippen LogP contribution in [0.4, 0.5) is 0 Å². The number of aliphatic hydroxyl groups excluding tert-OH is 1. The van der Waals surface area contributed by atoms with Gasteiger partial charge in [-0.25, -0.2) is 0 Å². The second kappa shape index (κ2) is 14.8. The number of β-amino-alcohol motifs (C(OH)–C–C–N with tert-alkyl or cyclic N) is 1. The van der Waals surface area contributed by atoms with E-state index in [4.69, 9.17) is 9.47 Å². The number of hydrogen-bond acceptors (Lipinski definition) is 7. The van der Waals surface area contributed by atoms with E-state index in [1.165, 1.54) is 4.90 Å². The minimum atomic E-state index is -1.27. The highest BCUT2D eigenvalue weighted by atomic mass is 79.9. The number of nitrogens with one attached hydrogen (secondary N) is 1. The van der Waals surface area contributed by atoms with E-state index in [1.807, 2.05) is 44.2 Å². The number of hydrogen-bond donors (Lipinski definition) is 2. The smallest absolute Gasteiger partial charge is 0.313 e. The maximum Gasteiger partial charge on any atom is 0.313 e. The van der Waals surface area contributed by atoms with E-state index >= 15 is 0 Å². The minimum Gasteiger partial charge on any atom is -0.455 e. The Bertz CT molecular complexity index is 1230. The van der Waals surface area contributed by atoms with Gasteiger partial charge in [0.1, 0.15) is 17.7 Å². The molecule has 44 heavy (non-hydrogen) atoms. The van der Waals surface area contributed by atoms with Crippen LogP contribution in [0.2, 0.25) is 0 Å². The third-order valence-corrected chi connectivity index (χ3v) is 9.82. The van der Waals surface area contributed by atoms with Crippen molar-refractivity contribution < 1.29 is 33.8 Å². The second-order valence-corrected chi connectivity index (χ2v) is 13.0. The number of halogens is 1. The zero-order valence-electron chi connectivity index (χ0n) is 25.5. The predicted octanol–water partition coefficient (Wildman–Crippen LogP) is 3.30. The Hall–Kier alpha value is -3.02. The third kappa shape index (κ3) is 6.50. The average molecular weight is 675 g/mol. The summed E-state index contributed by atoms with van der Waals surface area (Å²) < 4.78 is 12.6. The van der Waals surface area contributed by atoms with Crippen LogP contribution in [0.3, 0.4) is 0 Å². The first-order valence-electron chi connectivity index (χ1n) is 15.4. The fraction of sp³-hybridized carbons (Fsp3) is 0.576. The number of carbonyl (C=O) groups is 4. The Morgan fingerprint density at radius 3 is 2.64 bits per heavy atom. The Labute approximate surface area is 267 Å². The molecule has 240 valence electrons. The molecule has 3 heterocycles. The molecule has 0 radical (unpaired) electrons. The molecule has 1 aromatic rings. The molecule has 4 rings (SSSR count). The molecule has 3 aliphatic heterocycles. The molecule has 1 spiro atoms. The molecule has 3 saturated heterocycles. The summed E-state index contributed by atoms with van der Waals surface area (Å²) in [6.45, 7) is 11.4. The molecular weight excluding hydrogens is 630 g/mol. The summed E-state index contributed by atoms with van der Waals surface area (Å²) in [5, 5.41) is 12.8. The number of nitrogens with zero attached hydrogens (tertiary/aromatic N) is 2. The molecule has 2 bridgehead atoms. The summed E-state index contributed by atoms with van der Waals surface area (Å²) in [5.74, 6) is -3.46. The molecule has 2 unspecified atom stereocenters. The molecule has 11 heteroatoms. The first-order chi connectivity index (χ1) is 21.1. The van der Waals surface area contributed by atoms with Gasteiger partial charge in [0.25, 0.3) is 0 Å². The monoisotopic (exact) mass is 673 g/mol. The molecular formula is C33H44BrN3O7. The largest absolute Gasteiger partial charge is 0.455 e. The van der Waals surface area contributed by atoms with E-state index in [9.17, 15) is 24.3 Å². The zero-order chi connectivity index (χ0) is 32.0. The van der Waals surface area contributed by atoms with Gasteiger partial charge in [-0.05, 0) is 31.7 Å². The van der Waals surface area contributed by atoms with Crippen LogP contribution in [0.25, 0.3) is 0 Å². The lowest BCUT2D eigenvalue weighted by Gasteiger charge is -2.39. The number of amides is 3. The highest BCUT2D eigenvalue weighted by Crippen LogP contribution is 2.60. The molecule has 0 saturated carbocycles. The van der Waals surface area contributed by atoms with E-state index < -0.39 is 47.6 Å². The lowest BCUT2D eigenvalue weighted by molar-refractivity contribution is -0.160. The average Bonchev–Trinajstić information content (AvgIpc) is 3.60.